The van der Waals surface area contributed by atoms with E-state index in [0.29, 0.717) is 41.3 Å². The van der Waals surface area contributed by atoms with Crippen LogP contribution in [0.25, 0.3) is 0 Å². The van der Waals surface area contributed by atoms with Gasteiger partial charge in [0.25, 0.3) is 0 Å². The second-order valence-electron chi connectivity index (χ2n) is 13.5. The van der Waals surface area contributed by atoms with Gasteiger partial charge in [-0.2, -0.15) is 0 Å². The standard InChI is InChI=1S/C28H49NO3/c1-26(2)13-9-23-27(3,22(26)12-16-29-15-11-20(17-29)18-30)14-10-24-28(23,4)19-31-25(32-24)21-7-5-6-8-21/h20-25,30H,5-19H2,1-4H3/t20?,22-,23?,24-,25-,27+,28+/m1/s1. The zero-order valence-corrected chi connectivity index (χ0v) is 21.3. The first kappa shape index (κ1) is 23.6. The van der Waals surface area contributed by atoms with Crippen LogP contribution in [-0.2, 0) is 9.47 Å². The number of aliphatic hydroxyl groups is 1. The molecule has 4 heteroatoms. The fraction of sp³-hybridized carbons (Fsp3) is 1.00. The lowest BCUT2D eigenvalue weighted by Crippen LogP contribution is -2.63. The van der Waals surface area contributed by atoms with Gasteiger partial charge >= 0.3 is 0 Å². The van der Waals surface area contributed by atoms with Crippen LogP contribution < -0.4 is 0 Å². The summed E-state index contributed by atoms with van der Waals surface area (Å²) in [7, 11) is 0. The van der Waals surface area contributed by atoms with Crippen molar-refractivity contribution >= 4 is 0 Å². The summed E-state index contributed by atoms with van der Waals surface area (Å²) in [5, 5.41) is 9.56. The largest absolute Gasteiger partial charge is 0.396 e. The lowest BCUT2D eigenvalue weighted by Gasteiger charge is -2.65. The summed E-state index contributed by atoms with van der Waals surface area (Å²) in [6.07, 6.45) is 13.4. The number of aliphatic hydroxyl groups excluding tert-OH is 1. The Morgan fingerprint density at radius 1 is 0.938 bits per heavy atom. The molecule has 5 rings (SSSR count). The molecule has 0 aromatic heterocycles. The predicted octanol–water partition coefficient (Wildman–Crippen LogP) is 5.48. The molecule has 5 aliphatic rings. The van der Waals surface area contributed by atoms with E-state index in [0.717, 1.165) is 19.1 Å². The van der Waals surface area contributed by atoms with E-state index in [4.69, 9.17) is 9.47 Å². The molecular formula is C28H49NO3. The Bertz CT molecular complexity index is 661. The molecule has 0 radical (unpaired) electrons. The molecule has 32 heavy (non-hydrogen) atoms. The maximum atomic E-state index is 9.56. The number of nitrogens with zero attached hydrogens (tertiary/aromatic N) is 1. The number of ether oxygens (including phenoxy) is 2. The molecule has 2 saturated heterocycles. The van der Waals surface area contributed by atoms with E-state index in [1.807, 2.05) is 0 Å². The molecule has 0 aromatic rings. The molecule has 3 saturated carbocycles. The van der Waals surface area contributed by atoms with E-state index < -0.39 is 0 Å². The number of fused-ring (bicyclic) bond motifs is 3. The molecule has 2 aliphatic heterocycles. The minimum absolute atomic E-state index is 0.0606. The van der Waals surface area contributed by atoms with Gasteiger partial charge in [0.2, 0.25) is 0 Å². The third-order valence-corrected chi connectivity index (χ3v) is 11.1. The van der Waals surface area contributed by atoms with Gasteiger partial charge in [-0.1, -0.05) is 40.5 Å². The summed E-state index contributed by atoms with van der Waals surface area (Å²) < 4.78 is 13.3. The molecule has 0 bridgehead atoms. The average molecular weight is 448 g/mol. The predicted molar refractivity (Wildman–Crippen MR) is 128 cm³/mol. The Balaban J connectivity index is 1.30. The summed E-state index contributed by atoms with van der Waals surface area (Å²) in [5.74, 6) is 2.57. The van der Waals surface area contributed by atoms with E-state index >= 15 is 0 Å². The summed E-state index contributed by atoms with van der Waals surface area (Å²) >= 11 is 0. The van der Waals surface area contributed by atoms with Crippen LogP contribution in [0.5, 0.6) is 0 Å². The second-order valence-corrected chi connectivity index (χ2v) is 13.5. The van der Waals surface area contributed by atoms with Crippen molar-refractivity contribution in [1.29, 1.82) is 0 Å². The summed E-state index contributed by atoms with van der Waals surface area (Å²) in [6.45, 7) is 14.9. The van der Waals surface area contributed by atoms with Gasteiger partial charge in [-0.15, -0.1) is 0 Å². The molecule has 7 atom stereocenters. The van der Waals surface area contributed by atoms with E-state index in [9.17, 15) is 5.11 Å². The lowest BCUT2D eigenvalue weighted by molar-refractivity contribution is -0.322. The van der Waals surface area contributed by atoms with Crippen molar-refractivity contribution < 1.29 is 14.6 Å². The summed E-state index contributed by atoms with van der Waals surface area (Å²) in [6, 6.07) is 0. The molecule has 4 nitrogen and oxygen atoms in total. The van der Waals surface area contributed by atoms with Gasteiger partial charge in [0.15, 0.2) is 6.29 Å². The van der Waals surface area contributed by atoms with Crippen molar-refractivity contribution in [3.05, 3.63) is 0 Å². The molecule has 0 spiro atoms. The van der Waals surface area contributed by atoms with Crippen LogP contribution in [0, 0.1) is 39.9 Å². The highest BCUT2D eigenvalue weighted by molar-refractivity contribution is 5.10. The van der Waals surface area contributed by atoms with Gasteiger partial charge in [-0.3, -0.25) is 0 Å². The first-order chi connectivity index (χ1) is 15.3. The van der Waals surface area contributed by atoms with Crippen molar-refractivity contribution in [2.24, 2.45) is 39.9 Å². The average Bonchev–Trinajstić information content (AvgIpc) is 3.44. The highest BCUT2D eigenvalue weighted by Crippen LogP contribution is 2.66. The van der Waals surface area contributed by atoms with Crippen LogP contribution in [0.1, 0.15) is 91.9 Å². The maximum Gasteiger partial charge on any atom is 0.160 e. The topological polar surface area (TPSA) is 41.9 Å². The number of likely N-dealkylation sites (tertiary alicyclic amines) is 1. The normalized spacial score (nSPS) is 47.3. The van der Waals surface area contributed by atoms with Gasteiger partial charge < -0.3 is 19.5 Å². The highest BCUT2D eigenvalue weighted by atomic mass is 16.7. The third-order valence-electron chi connectivity index (χ3n) is 11.1. The van der Waals surface area contributed by atoms with Crippen molar-refractivity contribution in [2.45, 2.75) is 104 Å². The first-order valence-electron chi connectivity index (χ1n) is 13.9. The van der Waals surface area contributed by atoms with Crippen molar-refractivity contribution in [3.63, 3.8) is 0 Å². The molecule has 3 aliphatic carbocycles. The molecular weight excluding hydrogens is 398 g/mol. The first-order valence-corrected chi connectivity index (χ1v) is 13.9. The minimum atomic E-state index is 0.0606. The van der Waals surface area contributed by atoms with Gasteiger partial charge in [-0.25, -0.2) is 0 Å². The van der Waals surface area contributed by atoms with E-state index in [1.165, 1.54) is 77.3 Å². The van der Waals surface area contributed by atoms with Crippen molar-refractivity contribution in [1.82, 2.24) is 4.90 Å². The van der Waals surface area contributed by atoms with Crippen LogP contribution >= 0.6 is 0 Å². The molecule has 5 fully saturated rings. The van der Waals surface area contributed by atoms with Gasteiger partial charge in [0.05, 0.1) is 12.7 Å². The molecule has 2 heterocycles. The Morgan fingerprint density at radius 2 is 1.72 bits per heavy atom. The van der Waals surface area contributed by atoms with E-state index in [-0.39, 0.29) is 11.7 Å². The molecule has 0 amide bonds. The third kappa shape index (κ3) is 3.99. The Morgan fingerprint density at radius 3 is 2.44 bits per heavy atom. The highest BCUT2D eigenvalue weighted by Gasteiger charge is 2.62. The molecule has 1 N–H and O–H groups in total. The van der Waals surface area contributed by atoms with Crippen LogP contribution in [0.15, 0.2) is 0 Å². The fourth-order valence-electron chi connectivity index (χ4n) is 9.24. The number of hydrogen-bond donors (Lipinski definition) is 1. The molecule has 2 unspecified atom stereocenters. The van der Waals surface area contributed by atoms with Gasteiger partial charge in [0.1, 0.15) is 0 Å². The van der Waals surface area contributed by atoms with Crippen molar-refractivity contribution in [2.75, 3.05) is 32.8 Å². The zero-order chi connectivity index (χ0) is 22.6. The second kappa shape index (κ2) is 8.81. The summed E-state index contributed by atoms with van der Waals surface area (Å²) in [4.78, 5) is 2.62. The Kier molecular flexibility index (Phi) is 6.49. The maximum absolute atomic E-state index is 9.56. The quantitative estimate of drug-likeness (QED) is 0.606. The number of hydrogen-bond acceptors (Lipinski definition) is 4. The minimum Gasteiger partial charge on any atom is -0.396 e. The van der Waals surface area contributed by atoms with Crippen LogP contribution in [-0.4, -0.2) is 55.2 Å². The fourth-order valence-corrected chi connectivity index (χ4v) is 9.24. The van der Waals surface area contributed by atoms with Crippen LogP contribution in [0.4, 0.5) is 0 Å². The zero-order valence-electron chi connectivity index (χ0n) is 21.3. The van der Waals surface area contributed by atoms with Crippen molar-refractivity contribution in [3.8, 4) is 0 Å². The summed E-state index contributed by atoms with van der Waals surface area (Å²) in [5.41, 5.74) is 0.926. The van der Waals surface area contributed by atoms with Crippen LogP contribution in [0.2, 0.25) is 0 Å². The SMILES string of the molecule is CC1(C)CCC2[C@]3(C)CO[C@@H](C4CCCC4)O[C@@H]3CC[C@@]2(C)[C@@H]1CCN1CCC(CO)C1. The number of rotatable bonds is 5. The van der Waals surface area contributed by atoms with E-state index in [1.54, 1.807) is 0 Å². The monoisotopic (exact) mass is 447 g/mol. The smallest absolute Gasteiger partial charge is 0.160 e. The van der Waals surface area contributed by atoms with Gasteiger partial charge in [0, 0.05) is 24.5 Å². The van der Waals surface area contributed by atoms with Crippen LogP contribution in [0.3, 0.4) is 0 Å². The molecule has 184 valence electrons. The van der Waals surface area contributed by atoms with Gasteiger partial charge in [-0.05, 0) is 93.0 Å². The lowest BCUT2D eigenvalue weighted by atomic mass is 9.42. The Labute approximate surface area is 196 Å². The Hall–Kier alpha value is -0.160. The van der Waals surface area contributed by atoms with E-state index in [2.05, 4.69) is 32.6 Å². The molecule has 0 aromatic carbocycles.